The molecule has 1 amide bonds. The van der Waals surface area contributed by atoms with E-state index in [-0.39, 0.29) is 12.0 Å². The molecule has 0 radical (unpaired) electrons. The third-order valence-electron chi connectivity index (χ3n) is 4.51. The van der Waals surface area contributed by atoms with Crippen molar-refractivity contribution in [2.75, 3.05) is 20.2 Å². The van der Waals surface area contributed by atoms with Crippen molar-refractivity contribution in [1.29, 1.82) is 0 Å². The number of benzene rings is 2. The first-order valence-corrected chi connectivity index (χ1v) is 8.56. The van der Waals surface area contributed by atoms with Gasteiger partial charge in [0.2, 0.25) is 0 Å². The summed E-state index contributed by atoms with van der Waals surface area (Å²) in [6.45, 7) is 1.16. The molecule has 0 bridgehead atoms. The minimum absolute atomic E-state index is 0.0102. The van der Waals surface area contributed by atoms with Crippen LogP contribution in [-0.2, 0) is 4.79 Å². The number of carbonyl (C=O) groups is 1. The monoisotopic (exact) mass is 337 g/mol. The van der Waals surface area contributed by atoms with E-state index in [2.05, 4.69) is 0 Å². The summed E-state index contributed by atoms with van der Waals surface area (Å²) in [5.41, 5.74) is 2.39. The summed E-state index contributed by atoms with van der Waals surface area (Å²) < 4.78 is 5.42. The number of methoxy groups -OCH3 is 1. The van der Waals surface area contributed by atoms with Gasteiger partial charge in [-0.25, -0.2) is 0 Å². The summed E-state index contributed by atoms with van der Waals surface area (Å²) >= 11 is 0. The maximum Gasteiger partial charge on any atom is 0.254 e. The quantitative estimate of drug-likeness (QED) is 0.688. The van der Waals surface area contributed by atoms with Crippen molar-refractivity contribution in [1.82, 2.24) is 4.90 Å². The summed E-state index contributed by atoms with van der Waals surface area (Å²) in [5, 5.41) is 9.70. The van der Waals surface area contributed by atoms with E-state index in [0.717, 1.165) is 16.9 Å². The third kappa shape index (κ3) is 4.09. The molecule has 3 rings (SSSR count). The largest absolute Gasteiger partial charge is 0.496 e. The number of likely N-dealkylation sites (tertiary alicyclic amines) is 1. The van der Waals surface area contributed by atoms with Crippen molar-refractivity contribution in [2.45, 2.75) is 18.9 Å². The summed E-state index contributed by atoms with van der Waals surface area (Å²) in [5.74, 6) is 0.724. The molecule has 25 heavy (non-hydrogen) atoms. The topological polar surface area (TPSA) is 49.8 Å². The van der Waals surface area contributed by atoms with Crippen molar-refractivity contribution in [3.05, 3.63) is 65.7 Å². The van der Waals surface area contributed by atoms with Gasteiger partial charge in [0.05, 0.1) is 13.2 Å². The first-order chi connectivity index (χ1) is 12.2. The SMILES string of the molecule is COc1ccccc1C=C(C(=O)N1CCC(O)CC1)c1ccccc1. The maximum absolute atomic E-state index is 13.1. The van der Waals surface area contributed by atoms with Crippen molar-refractivity contribution < 1.29 is 14.6 Å². The van der Waals surface area contributed by atoms with Crippen LogP contribution in [0.1, 0.15) is 24.0 Å². The number of rotatable bonds is 4. The highest BCUT2D eigenvalue weighted by molar-refractivity contribution is 6.24. The van der Waals surface area contributed by atoms with Gasteiger partial charge in [-0.1, -0.05) is 48.5 Å². The van der Waals surface area contributed by atoms with E-state index in [1.165, 1.54) is 0 Å². The van der Waals surface area contributed by atoms with E-state index < -0.39 is 0 Å². The zero-order valence-corrected chi connectivity index (χ0v) is 14.4. The van der Waals surface area contributed by atoms with Gasteiger partial charge in [0.25, 0.3) is 5.91 Å². The fourth-order valence-electron chi connectivity index (χ4n) is 3.07. The molecule has 0 saturated carbocycles. The van der Waals surface area contributed by atoms with E-state index >= 15 is 0 Å². The molecular weight excluding hydrogens is 314 g/mol. The fourth-order valence-corrected chi connectivity index (χ4v) is 3.07. The molecule has 0 aliphatic carbocycles. The Labute approximate surface area is 148 Å². The van der Waals surface area contributed by atoms with Crippen LogP contribution in [0.4, 0.5) is 0 Å². The van der Waals surface area contributed by atoms with Crippen LogP contribution in [0.15, 0.2) is 54.6 Å². The molecule has 0 atom stereocenters. The van der Waals surface area contributed by atoms with Crippen LogP contribution in [0.5, 0.6) is 5.75 Å². The van der Waals surface area contributed by atoms with Gasteiger partial charge in [-0.15, -0.1) is 0 Å². The Bertz CT molecular complexity index is 747. The number of amides is 1. The molecule has 1 aliphatic rings. The van der Waals surface area contributed by atoms with Gasteiger partial charge in [-0.3, -0.25) is 4.79 Å². The Kier molecular flexibility index (Phi) is 5.51. The molecule has 2 aromatic rings. The Morgan fingerprint density at radius 1 is 1.08 bits per heavy atom. The predicted octanol–water partition coefficient (Wildman–Crippen LogP) is 3.22. The molecule has 1 N–H and O–H groups in total. The average molecular weight is 337 g/mol. The number of nitrogens with zero attached hydrogens (tertiary/aromatic N) is 1. The van der Waals surface area contributed by atoms with Gasteiger partial charge in [0, 0.05) is 24.2 Å². The van der Waals surface area contributed by atoms with Crippen LogP contribution in [0, 0.1) is 0 Å². The van der Waals surface area contributed by atoms with Gasteiger partial charge < -0.3 is 14.7 Å². The number of aliphatic hydroxyl groups is 1. The zero-order valence-electron chi connectivity index (χ0n) is 14.4. The lowest BCUT2D eigenvalue weighted by atomic mass is 9.99. The Morgan fingerprint density at radius 3 is 2.40 bits per heavy atom. The molecular formula is C21H23NO3. The van der Waals surface area contributed by atoms with Gasteiger partial charge >= 0.3 is 0 Å². The van der Waals surface area contributed by atoms with E-state index in [9.17, 15) is 9.90 Å². The van der Waals surface area contributed by atoms with Gasteiger partial charge in [0.1, 0.15) is 5.75 Å². The van der Waals surface area contributed by atoms with Crippen LogP contribution < -0.4 is 4.74 Å². The third-order valence-corrected chi connectivity index (χ3v) is 4.51. The van der Waals surface area contributed by atoms with Gasteiger partial charge in [-0.2, -0.15) is 0 Å². The molecule has 1 aliphatic heterocycles. The average Bonchev–Trinajstić information content (AvgIpc) is 2.67. The predicted molar refractivity (Wildman–Crippen MR) is 99.1 cm³/mol. The Balaban J connectivity index is 1.98. The fraction of sp³-hybridized carbons (Fsp3) is 0.286. The van der Waals surface area contributed by atoms with E-state index in [1.54, 1.807) is 7.11 Å². The van der Waals surface area contributed by atoms with Crippen LogP contribution >= 0.6 is 0 Å². The molecule has 4 nitrogen and oxygen atoms in total. The molecule has 0 unspecified atom stereocenters. The minimum Gasteiger partial charge on any atom is -0.496 e. The maximum atomic E-state index is 13.1. The second kappa shape index (κ2) is 7.99. The standard InChI is InChI=1S/C21H23NO3/c1-25-20-10-6-5-9-17(20)15-19(16-7-3-2-4-8-16)21(24)22-13-11-18(23)12-14-22/h2-10,15,18,23H,11-14H2,1H3. The second-order valence-electron chi connectivity index (χ2n) is 6.19. The molecule has 0 spiro atoms. The number of hydrogen-bond donors (Lipinski definition) is 1. The van der Waals surface area contributed by atoms with E-state index in [0.29, 0.717) is 31.5 Å². The molecule has 1 saturated heterocycles. The number of carbonyl (C=O) groups excluding carboxylic acids is 1. The molecule has 0 aromatic heterocycles. The number of piperidine rings is 1. The van der Waals surface area contributed by atoms with Crippen molar-refractivity contribution in [3.63, 3.8) is 0 Å². The first kappa shape index (κ1) is 17.2. The number of ether oxygens (including phenoxy) is 1. The highest BCUT2D eigenvalue weighted by Crippen LogP contribution is 2.27. The highest BCUT2D eigenvalue weighted by atomic mass is 16.5. The first-order valence-electron chi connectivity index (χ1n) is 8.56. The van der Waals surface area contributed by atoms with Crippen molar-refractivity contribution >= 4 is 17.6 Å². The normalized spacial score (nSPS) is 15.9. The molecule has 1 fully saturated rings. The molecule has 1 heterocycles. The summed E-state index contributed by atoms with van der Waals surface area (Å²) in [7, 11) is 1.63. The van der Waals surface area contributed by atoms with Crippen LogP contribution in [0.3, 0.4) is 0 Å². The summed E-state index contributed by atoms with van der Waals surface area (Å²) in [6, 6.07) is 17.3. The lowest BCUT2D eigenvalue weighted by Crippen LogP contribution is -2.40. The lowest BCUT2D eigenvalue weighted by molar-refractivity contribution is -0.126. The van der Waals surface area contributed by atoms with Crippen LogP contribution in [-0.4, -0.2) is 42.2 Å². The van der Waals surface area contributed by atoms with Gasteiger partial charge in [0.15, 0.2) is 0 Å². The molecule has 2 aromatic carbocycles. The number of para-hydroxylation sites is 1. The lowest BCUT2D eigenvalue weighted by Gasteiger charge is -2.30. The van der Waals surface area contributed by atoms with Crippen LogP contribution in [0.25, 0.3) is 11.6 Å². The molecule has 130 valence electrons. The van der Waals surface area contributed by atoms with Crippen LogP contribution in [0.2, 0.25) is 0 Å². The van der Waals surface area contributed by atoms with Crippen molar-refractivity contribution in [2.24, 2.45) is 0 Å². The zero-order chi connectivity index (χ0) is 17.6. The summed E-state index contributed by atoms with van der Waals surface area (Å²) in [4.78, 5) is 15.0. The smallest absolute Gasteiger partial charge is 0.254 e. The van der Waals surface area contributed by atoms with E-state index in [4.69, 9.17) is 4.74 Å². The summed E-state index contributed by atoms with van der Waals surface area (Å²) in [6.07, 6.45) is 2.84. The van der Waals surface area contributed by atoms with E-state index in [1.807, 2.05) is 65.6 Å². The van der Waals surface area contributed by atoms with Gasteiger partial charge in [-0.05, 0) is 30.5 Å². The highest BCUT2D eigenvalue weighted by Gasteiger charge is 2.24. The van der Waals surface area contributed by atoms with Crippen molar-refractivity contribution in [3.8, 4) is 5.75 Å². The number of aliphatic hydroxyl groups excluding tert-OH is 1. The second-order valence-corrected chi connectivity index (χ2v) is 6.19. The Morgan fingerprint density at radius 2 is 1.72 bits per heavy atom. The minimum atomic E-state index is -0.303. The Hall–Kier alpha value is -2.59. The number of hydrogen-bond acceptors (Lipinski definition) is 3. The molecule has 4 heteroatoms.